The van der Waals surface area contributed by atoms with Crippen molar-refractivity contribution in [3.05, 3.63) is 34.5 Å². The number of carbonyl (C=O) groups is 1. The van der Waals surface area contributed by atoms with Crippen LogP contribution in [0.3, 0.4) is 0 Å². The molecule has 1 N–H and O–H groups in total. The van der Waals surface area contributed by atoms with Crippen LogP contribution in [-0.4, -0.2) is 15.6 Å². The molecule has 0 aliphatic heterocycles. The lowest BCUT2D eigenvalue weighted by Gasteiger charge is -2.19. The Hall–Kier alpha value is -1.48. The van der Waals surface area contributed by atoms with Crippen LogP contribution in [0.1, 0.15) is 17.7 Å². The number of hydrogen-bond acceptors (Lipinski definition) is 1. The van der Waals surface area contributed by atoms with Crippen LogP contribution in [0.5, 0.6) is 0 Å². The second kappa shape index (κ2) is 4.02. The maximum absolute atomic E-state index is 11.1. The highest BCUT2D eigenvalue weighted by Gasteiger charge is 2.28. The van der Waals surface area contributed by atoms with Crippen LogP contribution < -0.4 is 0 Å². The summed E-state index contributed by atoms with van der Waals surface area (Å²) >= 11 is 6.04. The summed E-state index contributed by atoms with van der Waals surface area (Å²) in [4.78, 5) is 11.1. The SMILES string of the molecule is Cn1c2c(c3cc(Cl)ccc31)CC(C(=O)O)CC2. The molecule has 18 heavy (non-hydrogen) atoms. The minimum Gasteiger partial charge on any atom is -0.481 e. The van der Waals surface area contributed by atoms with Crippen LogP contribution in [0.25, 0.3) is 10.9 Å². The molecule has 1 atom stereocenters. The van der Waals surface area contributed by atoms with Gasteiger partial charge in [0.25, 0.3) is 0 Å². The number of aryl methyl sites for hydroxylation is 1. The number of carboxylic acids is 1. The fourth-order valence-corrected chi connectivity index (χ4v) is 3.13. The standard InChI is InChI=1S/C14H14ClNO2/c1-16-12-4-2-8(14(17)18)6-10(12)11-7-9(15)3-5-13(11)16/h3,5,7-8H,2,4,6H2,1H3,(H,17,18). The smallest absolute Gasteiger partial charge is 0.306 e. The summed E-state index contributed by atoms with van der Waals surface area (Å²) in [6, 6.07) is 5.83. The molecular formula is C14H14ClNO2. The van der Waals surface area contributed by atoms with Crippen LogP contribution in [0.15, 0.2) is 18.2 Å². The van der Waals surface area contributed by atoms with Crippen LogP contribution in [0, 0.1) is 5.92 Å². The van der Waals surface area contributed by atoms with E-state index in [9.17, 15) is 4.79 Å². The second-order valence-corrected chi connectivity index (χ2v) is 5.36. The lowest BCUT2D eigenvalue weighted by atomic mass is 9.86. The number of fused-ring (bicyclic) bond motifs is 3. The van der Waals surface area contributed by atoms with Crippen molar-refractivity contribution in [1.29, 1.82) is 0 Å². The van der Waals surface area contributed by atoms with E-state index in [1.54, 1.807) is 0 Å². The fraction of sp³-hybridized carbons (Fsp3) is 0.357. The van der Waals surface area contributed by atoms with Gasteiger partial charge in [-0.1, -0.05) is 11.6 Å². The van der Waals surface area contributed by atoms with Crippen molar-refractivity contribution in [2.45, 2.75) is 19.3 Å². The minimum atomic E-state index is -0.695. The van der Waals surface area contributed by atoms with Crippen LogP contribution >= 0.6 is 11.6 Å². The number of carboxylic acid groups (broad SMARTS) is 1. The first kappa shape index (κ1) is 11.6. The van der Waals surface area contributed by atoms with Crippen LogP contribution in [0.4, 0.5) is 0 Å². The summed E-state index contributed by atoms with van der Waals surface area (Å²) in [5, 5.41) is 11.0. The van der Waals surface area contributed by atoms with Crippen molar-refractivity contribution in [3.63, 3.8) is 0 Å². The zero-order valence-corrected chi connectivity index (χ0v) is 10.9. The van der Waals surface area contributed by atoms with E-state index in [4.69, 9.17) is 16.7 Å². The van der Waals surface area contributed by atoms with Gasteiger partial charge in [-0.3, -0.25) is 4.79 Å². The molecule has 2 aromatic rings. The Labute approximate surface area is 110 Å². The molecule has 0 saturated carbocycles. The Morgan fingerprint density at radius 1 is 1.50 bits per heavy atom. The molecule has 1 aliphatic rings. The van der Waals surface area contributed by atoms with Gasteiger partial charge in [0.2, 0.25) is 0 Å². The van der Waals surface area contributed by atoms with Crippen LogP contribution in [0.2, 0.25) is 5.02 Å². The third kappa shape index (κ3) is 1.62. The molecule has 0 radical (unpaired) electrons. The maximum atomic E-state index is 11.1. The first-order valence-electron chi connectivity index (χ1n) is 6.06. The molecule has 1 unspecified atom stereocenters. The number of halogens is 1. The molecule has 0 bridgehead atoms. The summed E-state index contributed by atoms with van der Waals surface area (Å²) in [5.41, 5.74) is 3.55. The van der Waals surface area contributed by atoms with Gasteiger partial charge in [-0.2, -0.15) is 0 Å². The molecule has 0 saturated heterocycles. The van der Waals surface area contributed by atoms with Gasteiger partial charge in [0, 0.05) is 28.7 Å². The lowest BCUT2D eigenvalue weighted by molar-refractivity contribution is -0.142. The molecule has 0 amide bonds. The molecule has 1 aliphatic carbocycles. The highest BCUT2D eigenvalue weighted by molar-refractivity contribution is 6.31. The summed E-state index contributed by atoms with van der Waals surface area (Å²) in [6.45, 7) is 0. The fourth-order valence-electron chi connectivity index (χ4n) is 2.96. The lowest BCUT2D eigenvalue weighted by Crippen LogP contribution is -2.22. The molecule has 1 aromatic carbocycles. The summed E-state index contributed by atoms with van der Waals surface area (Å²) in [7, 11) is 2.04. The third-order valence-corrected chi connectivity index (χ3v) is 4.16. The number of nitrogens with zero attached hydrogens (tertiary/aromatic N) is 1. The van der Waals surface area contributed by atoms with E-state index in [1.165, 1.54) is 5.69 Å². The van der Waals surface area contributed by atoms with Crippen LogP contribution in [-0.2, 0) is 24.7 Å². The average molecular weight is 264 g/mol. The Bertz CT molecular complexity index is 645. The first-order chi connectivity index (χ1) is 8.58. The van der Waals surface area contributed by atoms with E-state index < -0.39 is 5.97 Å². The highest BCUT2D eigenvalue weighted by atomic mass is 35.5. The normalized spacial score (nSPS) is 18.9. The van der Waals surface area contributed by atoms with Crippen molar-refractivity contribution < 1.29 is 9.90 Å². The predicted octanol–water partition coefficient (Wildman–Crippen LogP) is 3.02. The average Bonchev–Trinajstić information content (AvgIpc) is 2.62. The van der Waals surface area contributed by atoms with Gasteiger partial charge in [-0.15, -0.1) is 0 Å². The number of rotatable bonds is 1. The molecule has 0 spiro atoms. The van der Waals surface area contributed by atoms with Crippen molar-refractivity contribution in [2.75, 3.05) is 0 Å². The molecule has 0 fully saturated rings. The minimum absolute atomic E-state index is 0.262. The Morgan fingerprint density at radius 2 is 2.28 bits per heavy atom. The van der Waals surface area contributed by atoms with E-state index in [0.717, 1.165) is 29.3 Å². The first-order valence-corrected chi connectivity index (χ1v) is 6.44. The Balaban J connectivity index is 2.20. The van der Waals surface area contributed by atoms with Gasteiger partial charge < -0.3 is 9.67 Å². The van der Waals surface area contributed by atoms with E-state index in [0.29, 0.717) is 11.4 Å². The van der Waals surface area contributed by atoms with E-state index >= 15 is 0 Å². The van der Waals surface area contributed by atoms with Crippen molar-refractivity contribution in [3.8, 4) is 0 Å². The zero-order valence-electron chi connectivity index (χ0n) is 10.1. The second-order valence-electron chi connectivity index (χ2n) is 4.92. The maximum Gasteiger partial charge on any atom is 0.306 e. The number of hydrogen-bond donors (Lipinski definition) is 1. The van der Waals surface area contributed by atoms with E-state index in [1.807, 2.05) is 25.2 Å². The zero-order chi connectivity index (χ0) is 12.9. The molecule has 1 aromatic heterocycles. The number of aliphatic carboxylic acids is 1. The monoisotopic (exact) mass is 263 g/mol. The van der Waals surface area contributed by atoms with Gasteiger partial charge in [-0.25, -0.2) is 0 Å². The molecular weight excluding hydrogens is 250 g/mol. The molecule has 3 rings (SSSR count). The summed E-state index contributed by atoms with van der Waals surface area (Å²) in [6.07, 6.45) is 2.16. The quantitative estimate of drug-likeness (QED) is 0.859. The number of aromatic nitrogens is 1. The molecule has 3 nitrogen and oxygen atoms in total. The predicted molar refractivity (Wildman–Crippen MR) is 71.1 cm³/mol. The topological polar surface area (TPSA) is 42.2 Å². The van der Waals surface area contributed by atoms with Crippen molar-refractivity contribution in [2.24, 2.45) is 13.0 Å². The van der Waals surface area contributed by atoms with Gasteiger partial charge in [-0.05, 0) is 43.0 Å². The Kier molecular flexibility index (Phi) is 2.59. The van der Waals surface area contributed by atoms with Crippen molar-refractivity contribution in [1.82, 2.24) is 4.57 Å². The van der Waals surface area contributed by atoms with E-state index in [-0.39, 0.29) is 5.92 Å². The Morgan fingerprint density at radius 3 is 3.00 bits per heavy atom. The van der Waals surface area contributed by atoms with E-state index in [2.05, 4.69) is 4.57 Å². The number of benzene rings is 1. The van der Waals surface area contributed by atoms with Gasteiger partial charge >= 0.3 is 5.97 Å². The highest BCUT2D eigenvalue weighted by Crippen LogP contribution is 2.35. The van der Waals surface area contributed by atoms with Gasteiger partial charge in [0.1, 0.15) is 0 Å². The van der Waals surface area contributed by atoms with Gasteiger partial charge in [0.05, 0.1) is 5.92 Å². The van der Waals surface area contributed by atoms with Crippen molar-refractivity contribution >= 4 is 28.5 Å². The molecule has 1 heterocycles. The largest absolute Gasteiger partial charge is 0.481 e. The third-order valence-electron chi connectivity index (χ3n) is 3.93. The van der Waals surface area contributed by atoms with Gasteiger partial charge in [0.15, 0.2) is 0 Å². The summed E-state index contributed by atoms with van der Waals surface area (Å²) in [5.74, 6) is -0.957. The molecule has 94 valence electrons. The molecule has 4 heteroatoms. The summed E-state index contributed by atoms with van der Waals surface area (Å²) < 4.78 is 2.17.